The lowest BCUT2D eigenvalue weighted by Crippen LogP contribution is -2.31. The molecule has 1 heterocycles. The molecular formula is C24H20ClN3O2. The highest BCUT2D eigenvalue weighted by Gasteiger charge is 2.21. The van der Waals surface area contributed by atoms with Crippen LogP contribution in [0.4, 0.5) is 0 Å². The smallest absolute Gasteiger partial charge is 0.252 e. The van der Waals surface area contributed by atoms with Gasteiger partial charge in [-0.15, -0.1) is 0 Å². The quantitative estimate of drug-likeness (QED) is 0.458. The molecule has 1 atom stereocenters. The van der Waals surface area contributed by atoms with E-state index in [-0.39, 0.29) is 5.91 Å². The van der Waals surface area contributed by atoms with Crippen LogP contribution in [0.3, 0.4) is 0 Å². The minimum atomic E-state index is -0.407. The molecular weight excluding hydrogens is 398 g/mol. The summed E-state index contributed by atoms with van der Waals surface area (Å²) in [6, 6.07) is 23.5. The van der Waals surface area contributed by atoms with Crippen molar-refractivity contribution in [1.29, 1.82) is 0 Å². The molecule has 0 aliphatic rings. The predicted octanol–water partition coefficient (Wildman–Crippen LogP) is 5.39. The molecule has 1 amide bonds. The van der Waals surface area contributed by atoms with Gasteiger partial charge in [-0.2, -0.15) is 0 Å². The summed E-state index contributed by atoms with van der Waals surface area (Å²) in [5, 5.41) is 3.71. The number of carbonyl (C=O) groups excluding carboxylic acids is 1. The number of nitrogens with zero attached hydrogens (tertiary/aromatic N) is 2. The Morgan fingerprint density at radius 1 is 0.967 bits per heavy atom. The fourth-order valence-corrected chi connectivity index (χ4v) is 3.25. The summed E-state index contributed by atoms with van der Waals surface area (Å²) in [4.78, 5) is 17.4. The molecule has 0 bridgehead atoms. The number of amides is 1. The summed E-state index contributed by atoms with van der Waals surface area (Å²) in [7, 11) is 1.90. The van der Waals surface area contributed by atoms with Gasteiger partial charge in [0.1, 0.15) is 23.4 Å². The topological polar surface area (TPSA) is 56.2 Å². The molecule has 0 aliphatic carbocycles. The normalized spacial score (nSPS) is 11.7. The van der Waals surface area contributed by atoms with E-state index in [1.54, 1.807) is 42.6 Å². The van der Waals surface area contributed by atoms with Gasteiger partial charge in [0.15, 0.2) is 0 Å². The maximum Gasteiger partial charge on any atom is 0.252 e. The number of rotatable bonds is 6. The van der Waals surface area contributed by atoms with Gasteiger partial charge in [-0.1, -0.05) is 41.9 Å². The molecule has 0 unspecified atom stereocenters. The summed E-state index contributed by atoms with van der Waals surface area (Å²) < 4.78 is 7.68. The Bertz CT molecular complexity index is 1120. The van der Waals surface area contributed by atoms with Gasteiger partial charge < -0.3 is 14.6 Å². The predicted molar refractivity (Wildman–Crippen MR) is 117 cm³/mol. The van der Waals surface area contributed by atoms with Gasteiger partial charge in [0, 0.05) is 30.0 Å². The lowest BCUT2D eigenvalue weighted by atomic mass is 10.1. The summed E-state index contributed by atoms with van der Waals surface area (Å²) in [5.74, 6) is 1.93. The molecule has 6 heteroatoms. The molecule has 1 aromatic heterocycles. The number of aryl methyl sites for hydroxylation is 1. The lowest BCUT2D eigenvalue weighted by Gasteiger charge is -2.19. The molecule has 4 rings (SSSR count). The number of halogens is 1. The molecule has 0 aliphatic heterocycles. The molecule has 4 aromatic rings. The first-order valence-electron chi connectivity index (χ1n) is 9.46. The Morgan fingerprint density at radius 2 is 1.63 bits per heavy atom. The molecule has 0 spiro atoms. The molecule has 150 valence electrons. The highest BCUT2D eigenvalue weighted by Crippen LogP contribution is 2.24. The van der Waals surface area contributed by atoms with Crippen LogP contribution in [-0.2, 0) is 7.05 Å². The van der Waals surface area contributed by atoms with Crippen molar-refractivity contribution in [3.8, 4) is 11.5 Å². The van der Waals surface area contributed by atoms with Crippen molar-refractivity contribution in [3.63, 3.8) is 0 Å². The standard InChI is InChI=1S/C24H20ClN3O2/c1-28-16-15-26-23(28)22(17-7-11-19(25)12-8-17)27-24(29)18-9-13-21(14-10-18)30-20-5-3-2-4-6-20/h2-16,22H,1H3,(H,27,29)/t22-/m1/s1. The van der Waals surface area contributed by atoms with Crippen LogP contribution in [-0.4, -0.2) is 15.5 Å². The first kappa shape index (κ1) is 19.7. The van der Waals surface area contributed by atoms with Crippen molar-refractivity contribution in [2.24, 2.45) is 7.05 Å². The van der Waals surface area contributed by atoms with Crippen LogP contribution in [0.2, 0.25) is 5.02 Å². The van der Waals surface area contributed by atoms with Crippen LogP contribution in [0.1, 0.15) is 27.8 Å². The van der Waals surface area contributed by atoms with Crippen LogP contribution in [0.25, 0.3) is 0 Å². The Morgan fingerprint density at radius 3 is 2.27 bits per heavy atom. The first-order valence-corrected chi connectivity index (χ1v) is 9.84. The average molecular weight is 418 g/mol. The second kappa shape index (κ2) is 8.84. The lowest BCUT2D eigenvalue weighted by molar-refractivity contribution is 0.0941. The maximum atomic E-state index is 13.0. The second-order valence-corrected chi connectivity index (χ2v) is 7.23. The molecule has 0 saturated heterocycles. The van der Waals surface area contributed by atoms with Crippen LogP contribution < -0.4 is 10.1 Å². The molecule has 0 radical (unpaired) electrons. The van der Waals surface area contributed by atoms with Crippen LogP contribution in [0, 0.1) is 0 Å². The molecule has 3 aromatic carbocycles. The van der Waals surface area contributed by atoms with Crippen molar-refractivity contribution < 1.29 is 9.53 Å². The minimum Gasteiger partial charge on any atom is -0.457 e. The van der Waals surface area contributed by atoms with Crippen LogP contribution in [0.15, 0.2) is 91.3 Å². The van der Waals surface area contributed by atoms with Gasteiger partial charge in [0.2, 0.25) is 0 Å². The van der Waals surface area contributed by atoms with E-state index in [0.29, 0.717) is 16.3 Å². The maximum absolute atomic E-state index is 13.0. The average Bonchev–Trinajstić information content (AvgIpc) is 3.19. The van der Waals surface area contributed by atoms with Gasteiger partial charge in [0.05, 0.1) is 0 Å². The zero-order chi connectivity index (χ0) is 20.9. The summed E-state index contributed by atoms with van der Waals surface area (Å²) in [6.07, 6.45) is 3.56. The highest BCUT2D eigenvalue weighted by molar-refractivity contribution is 6.30. The van der Waals surface area contributed by atoms with E-state index >= 15 is 0 Å². The third kappa shape index (κ3) is 4.53. The van der Waals surface area contributed by atoms with Crippen molar-refractivity contribution in [2.45, 2.75) is 6.04 Å². The third-order valence-corrected chi connectivity index (χ3v) is 4.94. The van der Waals surface area contributed by atoms with Crippen molar-refractivity contribution in [2.75, 3.05) is 0 Å². The molecule has 30 heavy (non-hydrogen) atoms. The van der Waals surface area contributed by atoms with Gasteiger partial charge >= 0.3 is 0 Å². The van der Waals surface area contributed by atoms with Gasteiger partial charge in [-0.05, 0) is 54.1 Å². The minimum absolute atomic E-state index is 0.204. The van der Waals surface area contributed by atoms with Crippen LogP contribution >= 0.6 is 11.6 Å². The number of para-hydroxylation sites is 1. The fourth-order valence-electron chi connectivity index (χ4n) is 3.12. The van der Waals surface area contributed by atoms with Gasteiger partial charge in [-0.25, -0.2) is 4.98 Å². The first-order chi connectivity index (χ1) is 14.6. The number of hydrogen-bond donors (Lipinski definition) is 1. The number of ether oxygens (including phenoxy) is 1. The molecule has 5 nitrogen and oxygen atoms in total. The van der Waals surface area contributed by atoms with E-state index in [2.05, 4.69) is 10.3 Å². The van der Waals surface area contributed by atoms with Crippen molar-refractivity contribution >= 4 is 17.5 Å². The number of nitrogens with one attached hydrogen (secondary N) is 1. The number of hydrogen-bond acceptors (Lipinski definition) is 3. The van der Waals surface area contributed by atoms with E-state index in [0.717, 1.165) is 17.1 Å². The molecule has 0 fully saturated rings. The van der Waals surface area contributed by atoms with E-state index < -0.39 is 6.04 Å². The number of imidazole rings is 1. The Balaban J connectivity index is 1.54. The zero-order valence-corrected chi connectivity index (χ0v) is 17.1. The van der Waals surface area contributed by atoms with E-state index in [1.807, 2.05) is 60.3 Å². The zero-order valence-electron chi connectivity index (χ0n) is 16.3. The molecule has 1 N–H and O–H groups in total. The fraction of sp³-hybridized carbons (Fsp3) is 0.0833. The van der Waals surface area contributed by atoms with E-state index in [1.165, 1.54) is 0 Å². The monoisotopic (exact) mass is 417 g/mol. The highest BCUT2D eigenvalue weighted by atomic mass is 35.5. The summed E-state index contributed by atoms with van der Waals surface area (Å²) >= 11 is 6.03. The molecule has 0 saturated carbocycles. The summed E-state index contributed by atoms with van der Waals surface area (Å²) in [6.45, 7) is 0. The second-order valence-electron chi connectivity index (χ2n) is 6.79. The third-order valence-electron chi connectivity index (χ3n) is 4.69. The number of carbonyl (C=O) groups is 1. The van der Waals surface area contributed by atoms with Crippen molar-refractivity contribution in [3.05, 3.63) is 113 Å². The Labute approximate surface area is 179 Å². The Kier molecular flexibility index (Phi) is 5.82. The Hall–Kier alpha value is -3.57. The van der Waals surface area contributed by atoms with Crippen LogP contribution in [0.5, 0.6) is 11.5 Å². The number of aromatic nitrogens is 2. The van der Waals surface area contributed by atoms with Gasteiger partial charge in [0.25, 0.3) is 5.91 Å². The van der Waals surface area contributed by atoms with Crippen molar-refractivity contribution in [1.82, 2.24) is 14.9 Å². The SMILES string of the molecule is Cn1ccnc1[C@H](NC(=O)c1ccc(Oc2ccccc2)cc1)c1ccc(Cl)cc1. The number of benzene rings is 3. The van der Waals surface area contributed by atoms with E-state index in [4.69, 9.17) is 16.3 Å². The van der Waals surface area contributed by atoms with E-state index in [9.17, 15) is 4.79 Å². The summed E-state index contributed by atoms with van der Waals surface area (Å²) in [5.41, 5.74) is 1.43. The van der Waals surface area contributed by atoms with Gasteiger partial charge in [-0.3, -0.25) is 4.79 Å². The largest absolute Gasteiger partial charge is 0.457 e.